The molecule has 0 saturated carbocycles. The summed E-state index contributed by atoms with van der Waals surface area (Å²) in [6.45, 7) is 3.42. The van der Waals surface area contributed by atoms with Crippen LogP contribution in [-0.2, 0) is 4.79 Å². The van der Waals surface area contributed by atoms with Crippen molar-refractivity contribution in [1.82, 2.24) is 4.90 Å². The third-order valence-corrected chi connectivity index (χ3v) is 3.79. The van der Waals surface area contributed by atoms with Crippen LogP contribution in [0.5, 0.6) is 0 Å². The molecule has 114 valence electrons. The smallest absolute Gasteiger partial charge is 0.219 e. The molecule has 1 heterocycles. The average Bonchev–Trinajstić information content (AvgIpc) is 2.63. The van der Waals surface area contributed by atoms with E-state index in [-0.39, 0.29) is 22.1 Å². The number of nitrogens with zero attached hydrogens (tertiary/aromatic N) is 2. The first kappa shape index (κ1) is 15.6. The molecule has 1 aliphatic rings. The highest BCUT2D eigenvalue weighted by molar-refractivity contribution is 7.80. The van der Waals surface area contributed by atoms with Crippen LogP contribution < -0.4 is 10.6 Å². The summed E-state index contributed by atoms with van der Waals surface area (Å²) in [6.07, 6.45) is 0.662. The maximum Gasteiger partial charge on any atom is 0.219 e. The van der Waals surface area contributed by atoms with Gasteiger partial charge in [0.15, 0.2) is 0 Å². The Labute approximate surface area is 127 Å². The minimum absolute atomic E-state index is 0.0263. The molecule has 0 bridgehead atoms. The number of nitrogens with two attached hydrogens (primary N) is 1. The number of amides is 1. The number of thiocarbonyl (C=S) groups is 1. The van der Waals surface area contributed by atoms with Crippen molar-refractivity contribution >= 4 is 28.8 Å². The van der Waals surface area contributed by atoms with E-state index in [4.69, 9.17) is 18.0 Å². The van der Waals surface area contributed by atoms with Crippen molar-refractivity contribution in [2.24, 2.45) is 5.73 Å². The van der Waals surface area contributed by atoms with E-state index in [1.54, 1.807) is 9.80 Å². The molecule has 0 radical (unpaired) electrons. The minimum Gasteiger partial charge on any atom is -0.389 e. The summed E-state index contributed by atoms with van der Waals surface area (Å²) in [5.41, 5.74) is 5.48. The SMILES string of the molecule is CC(=O)N1CCCN(c2c(F)cc(C(N)=S)cc2F)CC1. The number of carbonyl (C=O) groups excluding carboxylic acids is 1. The molecule has 2 rings (SSSR count). The Morgan fingerprint density at radius 2 is 1.81 bits per heavy atom. The highest BCUT2D eigenvalue weighted by Gasteiger charge is 2.22. The molecule has 2 N–H and O–H groups in total. The van der Waals surface area contributed by atoms with Crippen LogP contribution in [0, 0.1) is 11.6 Å². The van der Waals surface area contributed by atoms with E-state index in [1.165, 1.54) is 6.92 Å². The molecule has 0 atom stereocenters. The summed E-state index contributed by atoms with van der Waals surface area (Å²) in [6, 6.07) is 2.29. The first-order valence-corrected chi connectivity index (χ1v) is 7.10. The van der Waals surface area contributed by atoms with E-state index >= 15 is 0 Å². The normalized spacial score (nSPS) is 15.8. The minimum atomic E-state index is -0.686. The maximum atomic E-state index is 14.2. The van der Waals surface area contributed by atoms with Crippen molar-refractivity contribution in [3.63, 3.8) is 0 Å². The van der Waals surface area contributed by atoms with Crippen LogP contribution >= 0.6 is 12.2 Å². The van der Waals surface area contributed by atoms with E-state index in [0.717, 1.165) is 12.1 Å². The van der Waals surface area contributed by atoms with E-state index in [1.807, 2.05) is 0 Å². The number of halogens is 2. The Kier molecular flexibility index (Phi) is 4.72. The average molecular weight is 313 g/mol. The van der Waals surface area contributed by atoms with Gasteiger partial charge in [0.25, 0.3) is 0 Å². The third kappa shape index (κ3) is 3.47. The standard InChI is InChI=1S/C14H17F2N3OS/c1-9(20)18-3-2-4-19(6-5-18)13-11(15)7-10(14(17)21)8-12(13)16/h7-8H,2-6H2,1H3,(H2,17,21). The fourth-order valence-corrected chi connectivity index (χ4v) is 2.58. The zero-order chi connectivity index (χ0) is 15.6. The lowest BCUT2D eigenvalue weighted by atomic mass is 10.1. The first-order chi connectivity index (χ1) is 9.90. The van der Waals surface area contributed by atoms with Gasteiger partial charge in [-0.25, -0.2) is 8.78 Å². The molecule has 1 amide bonds. The number of hydrogen-bond acceptors (Lipinski definition) is 3. The second-order valence-electron chi connectivity index (χ2n) is 5.00. The van der Waals surface area contributed by atoms with Gasteiger partial charge < -0.3 is 15.5 Å². The fraction of sp³-hybridized carbons (Fsp3) is 0.429. The van der Waals surface area contributed by atoms with Crippen molar-refractivity contribution in [1.29, 1.82) is 0 Å². The number of hydrogen-bond donors (Lipinski definition) is 1. The van der Waals surface area contributed by atoms with Crippen LogP contribution in [0.4, 0.5) is 14.5 Å². The predicted octanol–water partition coefficient (Wildman–Crippen LogP) is 1.66. The van der Waals surface area contributed by atoms with Crippen molar-refractivity contribution in [3.05, 3.63) is 29.3 Å². The number of benzene rings is 1. The summed E-state index contributed by atoms with van der Waals surface area (Å²) in [5.74, 6) is -1.40. The monoisotopic (exact) mass is 313 g/mol. The van der Waals surface area contributed by atoms with Crippen molar-refractivity contribution < 1.29 is 13.6 Å². The maximum absolute atomic E-state index is 14.2. The molecule has 21 heavy (non-hydrogen) atoms. The fourth-order valence-electron chi connectivity index (χ4n) is 2.47. The van der Waals surface area contributed by atoms with Crippen LogP contribution in [0.3, 0.4) is 0 Å². The lowest BCUT2D eigenvalue weighted by molar-refractivity contribution is -0.128. The summed E-state index contributed by atoms with van der Waals surface area (Å²) >= 11 is 4.73. The highest BCUT2D eigenvalue weighted by atomic mass is 32.1. The summed E-state index contributed by atoms with van der Waals surface area (Å²) in [7, 11) is 0. The van der Waals surface area contributed by atoms with Gasteiger partial charge in [-0.2, -0.15) is 0 Å². The van der Waals surface area contributed by atoms with Crippen molar-refractivity contribution in [2.45, 2.75) is 13.3 Å². The number of carbonyl (C=O) groups is 1. The van der Waals surface area contributed by atoms with Crippen LogP contribution in [0.1, 0.15) is 18.9 Å². The molecule has 1 saturated heterocycles. The first-order valence-electron chi connectivity index (χ1n) is 6.69. The molecular formula is C14H17F2N3OS. The van der Waals surface area contributed by atoms with Gasteiger partial charge in [-0.15, -0.1) is 0 Å². The van der Waals surface area contributed by atoms with Gasteiger partial charge in [0.1, 0.15) is 22.3 Å². The Hall–Kier alpha value is -1.76. The molecule has 0 unspecified atom stereocenters. The summed E-state index contributed by atoms with van der Waals surface area (Å²) < 4.78 is 28.3. The lowest BCUT2D eigenvalue weighted by Crippen LogP contribution is -2.34. The Balaban J connectivity index is 2.26. The lowest BCUT2D eigenvalue weighted by Gasteiger charge is -2.24. The van der Waals surface area contributed by atoms with Gasteiger partial charge in [-0.05, 0) is 18.6 Å². The van der Waals surface area contributed by atoms with E-state index in [9.17, 15) is 13.6 Å². The van der Waals surface area contributed by atoms with Gasteiger partial charge in [-0.3, -0.25) is 4.79 Å². The molecule has 1 aromatic carbocycles. The Bertz CT molecular complexity index is 556. The molecule has 0 aliphatic carbocycles. The van der Waals surface area contributed by atoms with Crippen LogP contribution in [-0.4, -0.2) is 42.0 Å². The van der Waals surface area contributed by atoms with Crippen LogP contribution in [0.15, 0.2) is 12.1 Å². The van der Waals surface area contributed by atoms with Crippen molar-refractivity contribution in [2.75, 3.05) is 31.1 Å². The van der Waals surface area contributed by atoms with Crippen LogP contribution in [0.2, 0.25) is 0 Å². The van der Waals surface area contributed by atoms with Gasteiger partial charge in [-0.1, -0.05) is 12.2 Å². The predicted molar refractivity (Wildman–Crippen MR) is 81.3 cm³/mol. The number of rotatable bonds is 2. The van der Waals surface area contributed by atoms with Crippen LogP contribution in [0.25, 0.3) is 0 Å². The zero-order valence-corrected chi connectivity index (χ0v) is 12.6. The van der Waals surface area contributed by atoms with Gasteiger partial charge in [0, 0.05) is 38.7 Å². The molecule has 1 aromatic rings. The van der Waals surface area contributed by atoms with Gasteiger partial charge >= 0.3 is 0 Å². The Morgan fingerprint density at radius 3 is 2.33 bits per heavy atom. The van der Waals surface area contributed by atoms with Gasteiger partial charge in [0.05, 0.1) is 0 Å². The molecular weight excluding hydrogens is 296 g/mol. The highest BCUT2D eigenvalue weighted by Crippen LogP contribution is 2.26. The topological polar surface area (TPSA) is 49.6 Å². The molecule has 0 aromatic heterocycles. The molecule has 1 aliphatic heterocycles. The zero-order valence-electron chi connectivity index (χ0n) is 11.7. The van der Waals surface area contributed by atoms with E-state index in [2.05, 4.69) is 0 Å². The number of anilines is 1. The third-order valence-electron chi connectivity index (χ3n) is 3.56. The van der Waals surface area contributed by atoms with E-state index in [0.29, 0.717) is 32.6 Å². The molecule has 1 fully saturated rings. The molecule has 0 spiro atoms. The van der Waals surface area contributed by atoms with Gasteiger partial charge in [0.2, 0.25) is 5.91 Å². The molecule has 7 heteroatoms. The molecule has 4 nitrogen and oxygen atoms in total. The summed E-state index contributed by atoms with van der Waals surface area (Å²) in [5, 5.41) is 0. The van der Waals surface area contributed by atoms with Crippen molar-refractivity contribution in [3.8, 4) is 0 Å². The Morgan fingerprint density at radius 1 is 1.19 bits per heavy atom. The van der Waals surface area contributed by atoms with E-state index < -0.39 is 11.6 Å². The second kappa shape index (κ2) is 6.34. The second-order valence-corrected chi connectivity index (χ2v) is 5.44. The largest absolute Gasteiger partial charge is 0.389 e. The quantitative estimate of drug-likeness (QED) is 0.844. The summed E-state index contributed by atoms with van der Waals surface area (Å²) in [4.78, 5) is 14.6.